The lowest BCUT2D eigenvalue weighted by Crippen LogP contribution is -2.25. The second-order valence-electron chi connectivity index (χ2n) is 7.35. The molecule has 0 unspecified atom stereocenters. The number of hydrogen-bond acceptors (Lipinski definition) is 6. The third kappa shape index (κ3) is 5.42. The van der Waals surface area contributed by atoms with E-state index in [0.717, 1.165) is 0 Å². The second kappa shape index (κ2) is 9.61. The van der Waals surface area contributed by atoms with Crippen LogP contribution in [0.2, 0.25) is 0 Å². The Morgan fingerprint density at radius 2 is 0.886 bits per heavy atom. The van der Waals surface area contributed by atoms with Crippen LogP contribution in [0.4, 0.5) is 11.4 Å². The summed E-state index contributed by atoms with van der Waals surface area (Å²) in [4.78, 5) is 24.6. The van der Waals surface area contributed by atoms with Crippen LogP contribution in [0.3, 0.4) is 0 Å². The van der Waals surface area contributed by atoms with Gasteiger partial charge in [-0.15, -0.1) is 0 Å². The smallest absolute Gasteiger partial charge is 0.256 e. The number of amides is 2. The van der Waals surface area contributed by atoms with Gasteiger partial charge in [0.15, 0.2) is 24.8 Å². The first kappa shape index (κ1) is 23.4. The van der Waals surface area contributed by atoms with Crippen molar-refractivity contribution in [2.24, 2.45) is 0 Å². The molecule has 4 rings (SSSR count). The molecular formula is C24H18N4O6S. The Balaban J connectivity index is 1.44. The molecule has 4 aromatic rings. The average molecular weight is 490 g/mol. The van der Waals surface area contributed by atoms with E-state index in [0.29, 0.717) is 20.8 Å². The Morgan fingerprint density at radius 1 is 0.571 bits per heavy atom. The number of sulfone groups is 1. The van der Waals surface area contributed by atoms with Crippen LogP contribution in [0.1, 0.15) is 20.7 Å². The van der Waals surface area contributed by atoms with Crippen LogP contribution >= 0.6 is 0 Å². The predicted octanol–water partition coefficient (Wildman–Crippen LogP) is 2.29. The van der Waals surface area contributed by atoms with Gasteiger partial charge < -0.3 is 21.0 Å². The Bertz CT molecular complexity index is 1360. The molecule has 0 bridgehead atoms. The van der Waals surface area contributed by atoms with Gasteiger partial charge in [-0.25, -0.2) is 8.42 Å². The highest BCUT2D eigenvalue weighted by Gasteiger charge is 2.18. The molecule has 10 nitrogen and oxygen atoms in total. The van der Waals surface area contributed by atoms with Crippen molar-refractivity contribution < 1.29 is 27.5 Å². The van der Waals surface area contributed by atoms with Gasteiger partial charge in [-0.2, -0.15) is 9.46 Å². The van der Waals surface area contributed by atoms with Gasteiger partial charge in [-0.3, -0.25) is 9.59 Å². The molecule has 0 aliphatic rings. The maximum absolute atomic E-state index is 13.0. The minimum absolute atomic E-state index is 0.0228. The molecule has 2 aromatic carbocycles. The molecule has 2 amide bonds. The van der Waals surface area contributed by atoms with Crippen molar-refractivity contribution in [1.29, 1.82) is 0 Å². The van der Waals surface area contributed by atoms with Gasteiger partial charge >= 0.3 is 0 Å². The summed E-state index contributed by atoms with van der Waals surface area (Å²) in [6.45, 7) is 0. The van der Waals surface area contributed by atoms with E-state index in [4.69, 9.17) is 0 Å². The standard InChI is InChI=1S/C24H18N4O6S/c29-23(17-9-13-27(31)14-10-17)25-19-1-5-21(6-2-19)35(33,34)22-7-3-20(4-8-22)26-24(30)18-11-15-28(32)16-12-18/h1-16H,(H,25,29)(H,26,30). The van der Waals surface area contributed by atoms with E-state index in [1.165, 1.54) is 97.6 Å². The number of aromatic nitrogens is 2. The fourth-order valence-corrected chi connectivity index (χ4v) is 4.37. The Kier molecular flexibility index (Phi) is 6.42. The van der Waals surface area contributed by atoms with Gasteiger partial charge in [-0.1, -0.05) is 0 Å². The lowest BCUT2D eigenvalue weighted by molar-refractivity contribution is -0.605. The van der Waals surface area contributed by atoms with Gasteiger partial charge in [0.1, 0.15) is 0 Å². The zero-order chi connectivity index (χ0) is 25.0. The number of hydrogen-bond donors (Lipinski definition) is 2. The number of nitrogens with one attached hydrogen (secondary N) is 2. The summed E-state index contributed by atoms with van der Waals surface area (Å²) >= 11 is 0. The fourth-order valence-electron chi connectivity index (χ4n) is 3.11. The van der Waals surface area contributed by atoms with E-state index in [1.54, 1.807) is 0 Å². The third-order valence-electron chi connectivity index (χ3n) is 4.97. The number of carbonyl (C=O) groups is 2. The van der Waals surface area contributed by atoms with Crippen LogP contribution in [-0.4, -0.2) is 20.2 Å². The summed E-state index contributed by atoms with van der Waals surface area (Å²) < 4.78 is 27.1. The van der Waals surface area contributed by atoms with Crippen LogP contribution in [0.5, 0.6) is 0 Å². The monoisotopic (exact) mass is 490 g/mol. The highest BCUT2D eigenvalue weighted by molar-refractivity contribution is 7.91. The minimum atomic E-state index is -3.84. The molecule has 2 aromatic heterocycles. The van der Waals surface area contributed by atoms with E-state index < -0.39 is 21.7 Å². The normalized spacial score (nSPS) is 11.0. The summed E-state index contributed by atoms with van der Waals surface area (Å²) in [6.07, 6.45) is 4.80. The molecule has 0 saturated carbocycles. The minimum Gasteiger partial charge on any atom is -0.619 e. The Labute approximate surface area is 200 Å². The van der Waals surface area contributed by atoms with Crippen molar-refractivity contribution in [3.63, 3.8) is 0 Å². The zero-order valence-electron chi connectivity index (χ0n) is 18.0. The number of benzene rings is 2. The average Bonchev–Trinajstić information content (AvgIpc) is 2.85. The van der Waals surface area contributed by atoms with Crippen LogP contribution < -0.4 is 20.1 Å². The maximum Gasteiger partial charge on any atom is 0.256 e. The first-order valence-electron chi connectivity index (χ1n) is 10.2. The molecule has 0 aliphatic heterocycles. The Morgan fingerprint density at radius 3 is 1.20 bits per heavy atom. The van der Waals surface area contributed by atoms with Crippen LogP contribution in [0.15, 0.2) is 107 Å². The second-order valence-corrected chi connectivity index (χ2v) is 9.30. The fraction of sp³-hybridized carbons (Fsp3) is 0. The molecule has 0 spiro atoms. The van der Waals surface area contributed by atoms with Gasteiger partial charge in [-0.05, 0) is 48.5 Å². The number of carbonyl (C=O) groups excluding carboxylic acids is 2. The van der Waals surface area contributed by atoms with E-state index in [9.17, 15) is 28.4 Å². The molecule has 0 atom stereocenters. The zero-order valence-corrected chi connectivity index (χ0v) is 18.8. The van der Waals surface area contributed by atoms with Crippen molar-refractivity contribution >= 4 is 33.0 Å². The third-order valence-corrected chi connectivity index (χ3v) is 6.76. The van der Waals surface area contributed by atoms with E-state index in [1.807, 2.05) is 0 Å². The molecule has 0 saturated heterocycles. The molecule has 35 heavy (non-hydrogen) atoms. The molecule has 2 heterocycles. The lowest BCUT2D eigenvalue weighted by atomic mass is 10.2. The quantitative estimate of drug-likeness (QED) is 0.313. The molecule has 0 radical (unpaired) electrons. The van der Waals surface area contributed by atoms with Crippen LogP contribution in [-0.2, 0) is 9.84 Å². The van der Waals surface area contributed by atoms with Crippen molar-refractivity contribution in [3.05, 3.63) is 119 Å². The first-order valence-corrected chi connectivity index (χ1v) is 11.7. The summed E-state index contributed by atoms with van der Waals surface area (Å²) in [5.41, 5.74) is 1.33. The van der Waals surface area contributed by atoms with Gasteiger partial charge in [0.05, 0.1) is 20.9 Å². The molecular weight excluding hydrogens is 472 g/mol. The molecule has 2 N–H and O–H groups in total. The molecule has 0 fully saturated rings. The maximum atomic E-state index is 13.0. The van der Waals surface area contributed by atoms with Crippen LogP contribution in [0, 0.1) is 10.4 Å². The Hall–Kier alpha value is -4.77. The van der Waals surface area contributed by atoms with E-state index >= 15 is 0 Å². The SMILES string of the molecule is O=C(Nc1ccc(S(=O)(=O)c2ccc(NC(=O)c3cc[n+]([O-])cc3)cc2)cc1)c1cc[n+]([O-])cc1. The molecule has 176 valence electrons. The van der Waals surface area contributed by atoms with Gasteiger partial charge in [0.2, 0.25) is 9.84 Å². The predicted molar refractivity (Wildman–Crippen MR) is 125 cm³/mol. The van der Waals surface area contributed by atoms with Gasteiger partial charge in [0.25, 0.3) is 11.8 Å². The highest BCUT2D eigenvalue weighted by atomic mass is 32.2. The lowest BCUT2D eigenvalue weighted by Gasteiger charge is -2.09. The number of rotatable bonds is 6. The summed E-state index contributed by atoms with van der Waals surface area (Å²) in [5.74, 6) is -0.886. The van der Waals surface area contributed by atoms with Crippen LogP contribution in [0.25, 0.3) is 0 Å². The topological polar surface area (TPSA) is 146 Å². The van der Waals surface area contributed by atoms with E-state index in [2.05, 4.69) is 10.6 Å². The van der Waals surface area contributed by atoms with E-state index in [-0.39, 0.29) is 20.9 Å². The summed E-state index contributed by atoms with van der Waals surface area (Å²) in [6, 6.07) is 16.8. The van der Waals surface area contributed by atoms with Crippen molar-refractivity contribution in [2.75, 3.05) is 10.6 Å². The van der Waals surface area contributed by atoms with Crippen molar-refractivity contribution in [2.45, 2.75) is 9.79 Å². The van der Waals surface area contributed by atoms with Crippen molar-refractivity contribution in [1.82, 2.24) is 0 Å². The highest BCUT2D eigenvalue weighted by Crippen LogP contribution is 2.24. The summed E-state index contributed by atoms with van der Waals surface area (Å²) in [5, 5.41) is 27.4. The molecule has 11 heteroatoms. The number of nitrogens with zero attached hydrogens (tertiary/aromatic N) is 2. The van der Waals surface area contributed by atoms with Gasteiger partial charge in [0, 0.05) is 35.6 Å². The first-order chi connectivity index (χ1) is 16.7. The molecule has 0 aliphatic carbocycles. The number of pyridine rings is 2. The number of anilines is 2. The largest absolute Gasteiger partial charge is 0.619 e. The summed E-state index contributed by atoms with van der Waals surface area (Å²) in [7, 11) is -3.84. The van der Waals surface area contributed by atoms with Crippen molar-refractivity contribution in [3.8, 4) is 0 Å².